The van der Waals surface area contributed by atoms with Crippen molar-refractivity contribution in [2.24, 2.45) is 0 Å². The molecule has 10 aromatic carbocycles. The van der Waals surface area contributed by atoms with Crippen molar-refractivity contribution in [2.75, 3.05) is 4.90 Å². The van der Waals surface area contributed by atoms with Crippen molar-refractivity contribution >= 4 is 39.0 Å². The van der Waals surface area contributed by atoms with E-state index in [0.717, 1.165) is 44.6 Å². The molecule has 2 heteroatoms. The molecular weight excluding hydrogens is 799 g/mol. The fraction of sp³-hybridized carbons (Fsp3) is 0.0625. The van der Waals surface area contributed by atoms with E-state index in [1.165, 1.54) is 72.3 Å². The van der Waals surface area contributed by atoms with Gasteiger partial charge in [0, 0.05) is 33.1 Å². The van der Waals surface area contributed by atoms with Crippen LogP contribution in [-0.4, -0.2) is 0 Å². The predicted molar refractivity (Wildman–Crippen MR) is 274 cm³/mol. The average Bonchev–Trinajstić information content (AvgIpc) is 3.90. The molecule has 0 bridgehead atoms. The number of benzene rings is 10. The standard InChI is InChI=1S/C64H45NO/c1-63(2)54-26-12-14-28-56(54)64(57-29-15-13-27-55(57)63)53-25-11-9-23-50(53)62-49(24-17-30-58(62)64)45-34-38-60-51(40-45)52-41-47(37-39-61(52)66-60)65(46-35-32-43(33-36-46)42-18-5-3-6-19-42)59-31-16-10-22-48(59)44-20-7-4-8-21-44/h3-41H,1-2H3. The summed E-state index contributed by atoms with van der Waals surface area (Å²) in [6.45, 7) is 4.77. The number of fused-ring (bicyclic) bond motifs is 12. The van der Waals surface area contributed by atoms with Crippen LogP contribution in [0.3, 0.4) is 0 Å². The summed E-state index contributed by atoms with van der Waals surface area (Å²) in [6.07, 6.45) is 0. The van der Waals surface area contributed by atoms with E-state index in [9.17, 15) is 0 Å². The number of nitrogens with zero attached hydrogens (tertiary/aromatic N) is 1. The summed E-state index contributed by atoms with van der Waals surface area (Å²) in [4.78, 5) is 2.39. The summed E-state index contributed by atoms with van der Waals surface area (Å²) in [7, 11) is 0. The Balaban J connectivity index is 1.000. The van der Waals surface area contributed by atoms with Crippen LogP contribution < -0.4 is 4.90 Å². The summed E-state index contributed by atoms with van der Waals surface area (Å²) < 4.78 is 6.67. The van der Waals surface area contributed by atoms with Gasteiger partial charge in [-0.3, -0.25) is 0 Å². The van der Waals surface area contributed by atoms with Crippen LogP contribution in [0.2, 0.25) is 0 Å². The van der Waals surface area contributed by atoms with Gasteiger partial charge < -0.3 is 9.32 Å². The van der Waals surface area contributed by atoms with Crippen molar-refractivity contribution in [1.82, 2.24) is 0 Å². The molecule has 1 heterocycles. The minimum Gasteiger partial charge on any atom is -0.456 e. The number of furan rings is 1. The molecule has 0 amide bonds. The summed E-state index contributed by atoms with van der Waals surface area (Å²) in [5.74, 6) is 0. The molecule has 0 aliphatic heterocycles. The highest BCUT2D eigenvalue weighted by molar-refractivity contribution is 6.09. The zero-order valence-electron chi connectivity index (χ0n) is 36.9. The van der Waals surface area contributed by atoms with Gasteiger partial charge in [0.15, 0.2) is 0 Å². The topological polar surface area (TPSA) is 16.4 Å². The van der Waals surface area contributed by atoms with Crippen molar-refractivity contribution in [1.29, 1.82) is 0 Å². The fourth-order valence-electron chi connectivity index (χ4n) is 11.6. The van der Waals surface area contributed by atoms with Gasteiger partial charge in [-0.05, 0) is 121 Å². The van der Waals surface area contributed by atoms with E-state index < -0.39 is 5.41 Å². The first-order valence-corrected chi connectivity index (χ1v) is 23.0. The molecule has 0 radical (unpaired) electrons. The Kier molecular flexibility index (Phi) is 8.51. The highest BCUT2D eigenvalue weighted by Gasteiger charge is 2.53. The number of hydrogen-bond donors (Lipinski definition) is 0. The van der Waals surface area contributed by atoms with Gasteiger partial charge in [-0.15, -0.1) is 0 Å². The molecule has 11 aromatic rings. The van der Waals surface area contributed by atoms with Gasteiger partial charge in [0.2, 0.25) is 0 Å². The molecule has 2 aliphatic rings. The molecule has 2 aliphatic carbocycles. The van der Waals surface area contributed by atoms with Crippen LogP contribution in [-0.2, 0) is 10.8 Å². The average molecular weight is 844 g/mol. The first kappa shape index (κ1) is 38.3. The molecule has 66 heavy (non-hydrogen) atoms. The van der Waals surface area contributed by atoms with Gasteiger partial charge in [-0.25, -0.2) is 0 Å². The Morgan fingerprint density at radius 2 is 0.818 bits per heavy atom. The van der Waals surface area contributed by atoms with Crippen LogP contribution in [0.5, 0.6) is 0 Å². The fourth-order valence-corrected chi connectivity index (χ4v) is 11.6. The Labute approximate surface area is 385 Å². The number of para-hydroxylation sites is 1. The van der Waals surface area contributed by atoms with Gasteiger partial charge in [0.25, 0.3) is 0 Å². The van der Waals surface area contributed by atoms with Crippen molar-refractivity contribution in [3.63, 3.8) is 0 Å². The van der Waals surface area contributed by atoms with Crippen LogP contribution in [0.1, 0.15) is 47.2 Å². The minimum absolute atomic E-state index is 0.148. The molecule has 1 aromatic heterocycles. The second kappa shape index (κ2) is 14.7. The lowest BCUT2D eigenvalue weighted by Gasteiger charge is -2.46. The van der Waals surface area contributed by atoms with E-state index in [1.54, 1.807) is 0 Å². The molecule has 0 unspecified atom stereocenters. The lowest BCUT2D eigenvalue weighted by atomic mass is 9.55. The minimum atomic E-state index is -0.454. The number of anilines is 3. The van der Waals surface area contributed by atoms with Gasteiger partial charge >= 0.3 is 0 Å². The third-order valence-electron chi connectivity index (χ3n) is 14.6. The van der Waals surface area contributed by atoms with E-state index in [-0.39, 0.29) is 5.41 Å². The van der Waals surface area contributed by atoms with Gasteiger partial charge in [0.05, 0.1) is 11.1 Å². The zero-order valence-corrected chi connectivity index (χ0v) is 36.9. The molecule has 0 N–H and O–H groups in total. The van der Waals surface area contributed by atoms with Crippen LogP contribution in [0.4, 0.5) is 17.1 Å². The Morgan fingerprint density at radius 1 is 0.333 bits per heavy atom. The highest BCUT2D eigenvalue weighted by Crippen LogP contribution is 2.63. The largest absolute Gasteiger partial charge is 0.456 e. The SMILES string of the molecule is CC1(C)c2ccccc2C2(c3ccccc3-c3c(-c4ccc5oc6ccc(N(c7ccc(-c8ccccc8)cc7)c7ccccc7-c7ccccc7)cc6c5c4)cccc32)c2ccccc21. The van der Waals surface area contributed by atoms with Gasteiger partial charge in [-0.2, -0.15) is 0 Å². The van der Waals surface area contributed by atoms with Crippen molar-refractivity contribution < 1.29 is 4.42 Å². The number of hydrogen-bond acceptors (Lipinski definition) is 2. The first-order chi connectivity index (χ1) is 32.5. The second-order valence-corrected chi connectivity index (χ2v) is 18.4. The maximum atomic E-state index is 6.67. The monoisotopic (exact) mass is 843 g/mol. The lowest BCUT2D eigenvalue weighted by Crippen LogP contribution is -2.40. The molecule has 2 nitrogen and oxygen atoms in total. The van der Waals surface area contributed by atoms with Crippen molar-refractivity contribution in [3.8, 4) is 44.5 Å². The maximum absolute atomic E-state index is 6.67. The molecule has 0 fully saturated rings. The smallest absolute Gasteiger partial charge is 0.135 e. The predicted octanol–water partition coefficient (Wildman–Crippen LogP) is 17.1. The Morgan fingerprint density at radius 3 is 1.52 bits per heavy atom. The third kappa shape index (κ3) is 5.55. The molecule has 312 valence electrons. The normalized spacial score (nSPS) is 13.8. The van der Waals surface area contributed by atoms with Gasteiger partial charge in [0.1, 0.15) is 11.2 Å². The van der Waals surface area contributed by atoms with Crippen LogP contribution >= 0.6 is 0 Å². The molecule has 0 saturated heterocycles. The van der Waals surface area contributed by atoms with Crippen LogP contribution in [0.25, 0.3) is 66.4 Å². The molecule has 1 spiro atoms. The van der Waals surface area contributed by atoms with Crippen molar-refractivity contribution in [3.05, 3.63) is 270 Å². The Bertz CT molecular complexity index is 3620. The van der Waals surface area contributed by atoms with E-state index in [4.69, 9.17) is 4.42 Å². The first-order valence-electron chi connectivity index (χ1n) is 23.0. The highest BCUT2D eigenvalue weighted by atomic mass is 16.3. The molecule has 0 atom stereocenters. The van der Waals surface area contributed by atoms with Crippen molar-refractivity contribution in [2.45, 2.75) is 24.7 Å². The van der Waals surface area contributed by atoms with E-state index in [0.29, 0.717) is 0 Å². The molecule has 0 saturated carbocycles. The molecule has 13 rings (SSSR count). The van der Waals surface area contributed by atoms with Gasteiger partial charge in [-0.1, -0.05) is 202 Å². The summed E-state index contributed by atoms with van der Waals surface area (Å²) in [6, 6.07) is 86.8. The quantitative estimate of drug-likeness (QED) is 0.166. The van der Waals surface area contributed by atoms with E-state index >= 15 is 0 Å². The lowest BCUT2D eigenvalue weighted by molar-refractivity contribution is 0.563. The van der Waals surface area contributed by atoms with Crippen LogP contribution in [0.15, 0.2) is 241 Å². The second-order valence-electron chi connectivity index (χ2n) is 18.4. The molecular formula is C64H45NO. The number of rotatable bonds is 6. The zero-order chi connectivity index (χ0) is 44.0. The summed E-state index contributed by atoms with van der Waals surface area (Å²) >= 11 is 0. The third-order valence-corrected chi connectivity index (χ3v) is 14.6. The summed E-state index contributed by atoms with van der Waals surface area (Å²) in [5.41, 5.74) is 22.2. The maximum Gasteiger partial charge on any atom is 0.135 e. The van der Waals surface area contributed by atoms with E-state index in [1.807, 2.05) is 0 Å². The van der Waals surface area contributed by atoms with E-state index in [2.05, 4.69) is 255 Å². The summed E-state index contributed by atoms with van der Waals surface area (Å²) in [5, 5.41) is 2.17. The Hall–Kier alpha value is -8.20. The van der Waals surface area contributed by atoms with Crippen LogP contribution in [0, 0.1) is 0 Å².